The number of rotatable bonds is 2. The minimum atomic E-state index is -0.706. The average Bonchev–Trinajstić information content (AvgIpc) is 1.65. The van der Waals surface area contributed by atoms with Crippen LogP contribution < -0.4 is 0 Å². The fourth-order valence-electron chi connectivity index (χ4n) is 0.175. The van der Waals surface area contributed by atoms with Gasteiger partial charge in [-0.25, -0.2) is 0 Å². The highest BCUT2D eigenvalue weighted by molar-refractivity contribution is 5.69. The Bertz CT molecular complexity index is 68.5. The van der Waals surface area contributed by atoms with Crippen LogP contribution >= 0.6 is 0 Å². The summed E-state index contributed by atoms with van der Waals surface area (Å²) in [6.45, 7) is 3.56. The molecule has 7 heavy (non-hydrogen) atoms. The topological polar surface area (TPSA) is 37.3 Å². The Hall–Kier alpha value is -0.530. The van der Waals surface area contributed by atoms with Gasteiger partial charge in [-0.2, -0.15) is 0 Å². The van der Waals surface area contributed by atoms with Crippen molar-refractivity contribution in [3.05, 3.63) is 0 Å². The second-order valence-corrected chi connectivity index (χ2v) is 1.65. The molecule has 0 bridgehead atoms. The maximum Gasteiger partial charge on any atom is 0.306 e. The second-order valence-electron chi connectivity index (χ2n) is 1.65. The van der Waals surface area contributed by atoms with Crippen LogP contribution in [0.3, 0.4) is 0 Å². The van der Waals surface area contributed by atoms with Crippen LogP contribution in [0.25, 0.3) is 0 Å². The molecule has 0 heterocycles. The van der Waals surface area contributed by atoms with Gasteiger partial charge in [0.25, 0.3) is 0 Å². The van der Waals surface area contributed by atoms with Gasteiger partial charge in [-0.1, -0.05) is 13.8 Å². The molecule has 1 N–H and O–H groups in total. The lowest BCUT2D eigenvalue weighted by atomic mass is 10.2. The summed E-state index contributed by atoms with van der Waals surface area (Å²) in [4.78, 5) is 9.93. The van der Waals surface area contributed by atoms with Gasteiger partial charge in [0.05, 0.1) is 5.92 Å². The van der Waals surface area contributed by atoms with Crippen LogP contribution in [-0.2, 0) is 4.79 Å². The first-order valence-corrected chi connectivity index (χ1v) is 2.41. The lowest BCUT2D eigenvalue weighted by Crippen LogP contribution is -2.06. The molecule has 0 aliphatic heterocycles. The third kappa shape index (κ3) is 2.20. The van der Waals surface area contributed by atoms with Crippen molar-refractivity contribution < 1.29 is 9.90 Å². The van der Waals surface area contributed by atoms with Gasteiger partial charge in [0.2, 0.25) is 0 Å². The molecular weight excluding hydrogens is 93.0 g/mol. The van der Waals surface area contributed by atoms with E-state index in [0.29, 0.717) is 0 Å². The number of carbonyl (C=O) groups is 1. The predicted molar refractivity (Wildman–Crippen MR) is 27.1 cm³/mol. The maximum absolute atomic E-state index is 9.93. The van der Waals surface area contributed by atoms with Crippen molar-refractivity contribution >= 4 is 5.97 Å². The molecule has 0 aromatic carbocycles. The summed E-state index contributed by atoms with van der Waals surface area (Å²) < 4.78 is 0. The summed E-state index contributed by atoms with van der Waals surface area (Å²) in [5, 5.41) is 8.18. The standard InChI is InChI=1S/C5H10O2/c1-3-4(2)5(6)7/h4H,3H2,1-2H3,(H,6,7)/t4-/m0/s1/i2+1. The molecule has 0 saturated carbocycles. The van der Waals surface area contributed by atoms with Crippen molar-refractivity contribution in [2.75, 3.05) is 0 Å². The second kappa shape index (κ2) is 2.61. The van der Waals surface area contributed by atoms with E-state index in [1.165, 1.54) is 0 Å². The molecule has 0 aromatic heterocycles. The molecule has 0 radical (unpaired) electrons. The van der Waals surface area contributed by atoms with Gasteiger partial charge in [0, 0.05) is 0 Å². The molecule has 0 aromatic rings. The van der Waals surface area contributed by atoms with Crippen LogP contribution in [0, 0.1) is 5.92 Å². The van der Waals surface area contributed by atoms with Crippen molar-refractivity contribution in [1.82, 2.24) is 0 Å². The van der Waals surface area contributed by atoms with E-state index in [4.69, 9.17) is 5.11 Å². The summed E-state index contributed by atoms with van der Waals surface area (Å²) in [6, 6.07) is 0. The lowest BCUT2D eigenvalue weighted by Gasteiger charge is -1.96. The zero-order valence-electron chi connectivity index (χ0n) is 4.64. The largest absolute Gasteiger partial charge is 0.481 e. The number of carboxylic acid groups (broad SMARTS) is 1. The lowest BCUT2D eigenvalue weighted by molar-refractivity contribution is -0.141. The normalized spacial score (nSPS) is 13.4. The highest BCUT2D eigenvalue weighted by Crippen LogP contribution is 1.97. The van der Waals surface area contributed by atoms with E-state index < -0.39 is 5.97 Å². The Labute approximate surface area is 43.2 Å². The Morgan fingerprint density at radius 3 is 2.29 bits per heavy atom. The molecule has 0 saturated heterocycles. The third-order valence-electron chi connectivity index (χ3n) is 1.03. The first-order valence-electron chi connectivity index (χ1n) is 2.41. The fraction of sp³-hybridized carbons (Fsp3) is 0.800. The van der Waals surface area contributed by atoms with E-state index >= 15 is 0 Å². The SMILES string of the molecule is CC[C@H]([13CH3])C(=O)O. The van der Waals surface area contributed by atoms with Crippen LogP contribution in [-0.4, -0.2) is 11.1 Å². The predicted octanol–water partition coefficient (Wildman–Crippen LogP) is 1.12. The van der Waals surface area contributed by atoms with Crippen LogP contribution in [0.1, 0.15) is 20.3 Å². The quantitative estimate of drug-likeness (QED) is 0.531. The van der Waals surface area contributed by atoms with Crippen molar-refractivity contribution in [1.29, 1.82) is 0 Å². The van der Waals surface area contributed by atoms with E-state index in [0.717, 1.165) is 6.42 Å². The zero-order chi connectivity index (χ0) is 5.86. The molecule has 0 unspecified atom stereocenters. The van der Waals surface area contributed by atoms with E-state index in [1.807, 2.05) is 6.92 Å². The Morgan fingerprint density at radius 2 is 2.29 bits per heavy atom. The number of carboxylic acids is 1. The minimum absolute atomic E-state index is 0.181. The van der Waals surface area contributed by atoms with Crippen LogP contribution in [0.2, 0.25) is 0 Å². The van der Waals surface area contributed by atoms with Gasteiger partial charge >= 0.3 is 5.97 Å². The third-order valence-corrected chi connectivity index (χ3v) is 1.03. The first kappa shape index (κ1) is 6.47. The monoisotopic (exact) mass is 103 g/mol. The molecule has 0 rings (SSSR count). The molecule has 42 valence electrons. The first-order chi connectivity index (χ1) is 3.18. The van der Waals surface area contributed by atoms with Gasteiger partial charge in [-0.3, -0.25) is 4.79 Å². The van der Waals surface area contributed by atoms with Crippen molar-refractivity contribution in [2.45, 2.75) is 20.3 Å². The summed E-state index contributed by atoms with van der Waals surface area (Å²) in [6.07, 6.45) is 0.718. The molecule has 0 spiro atoms. The van der Waals surface area contributed by atoms with E-state index in [9.17, 15) is 4.79 Å². The minimum Gasteiger partial charge on any atom is -0.481 e. The van der Waals surface area contributed by atoms with Crippen LogP contribution in [0.5, 0.6) is 0 Å². The molecule has 2 heteroatoms. The molecule has 0 aliphatic carbocycles. The van der Waals surface area contributed by atoms with Crippen molar-refractivity contribution in [3.8, 4) is 0 Å². The van der Waals surface area contributed by atoms with Gasteiger partial charge < -0.3 is 5.11 Å². The molecule has 1 atom stereocenters. The highest BCUT2D eigenvalue weighted by Gasteiger charge is 2.05. The Balaban J connectivity index is 3.34. The maximum atomic E-state index is 9.93. The molecule has 2 nitrogen and oxygen atoms in total. The number of aliphatic carboxylic acids is 1. The van der Waals surface area contributed by atoms with Gasteiger partial charge in [-0.15, -0.1) is 0 Å². The Morgan fingerprint density at radius 1 is 1.86 bits per heavy atom. The van der Waals surface area contributed by atoms with E-state index in [2.05, 4.69) is 0 Å². The van der Waals surface area contributed by atoms with Crippen LogP contribution in [0.4, 0.5) is 0 Å². The number of hydrogen-bond donors (Lipinski definition) is 1. The summed E-state index contributed by atoms with van der Waals surface area (Å²) in [7, 11) is 0. The van der Waals surface area contributed by atoms with E-state index in [-0.39, 0.29) is 5.92 Å². The molecule has 0 aliphatic rings. The summed E-state index contributed by atoms with van der Waals surface area (Å²) in [5.74, 6) is -0.887. The molecule has 0 amide bonds. The summed E-state index contributed by atoms with van der Waals surface area (Å²) >= 11 is 0. The molecular formula is C5H10O2. The smallest absolute Gasteiger partial charge is 0.306 e. The molecule has 0 fully saturated rings. The highest BCUT2D eigenvalue weighted by atomic mass is 16.4. The van der Waals surface area contributed by atoms with E-state index in [1.54, 1.807) is 6.92 Å². The van der Waals surface area contributed by atoms with Crippen LogP contribution in [0.15, 0.2) is 0 Å². The van der Waals surface area contributed by atoms with Gasteiger partial charge in [-0.05, 0) is 6.42 Å². The zero-order valence-corrected chi connectivity index (χ0v) is 4.64. The van der Waals surface area contributed by atoms with Crippen molar-refractivity contribution in [2.24, 2.45) is 5.92 Å². The van der Waals surface area contributed by atoms with Gasteiger partial charge in [0.15, 0.2) is 0 Å². The van der Waals surface area contributed by atoms with Crippen molar-refractivity contribution in [3.63, 3.8) is 0 Å². The summed E-state index contributed by atoms with van der Waals surface area (Å²) in [5.41, 5.74) is 0. The number of hydrogen-bond acceptors (Lipinski definition) is 1. The Kier molecular flexibility index (Phi) is 2.41. The average molecular weight is 103 g/mol. The fourth-order valence-corrected chi connectivity index (χ4v) is 0.175. The van der Waals surface area contributed by atoms with Gasteiger partial charge in [0.1, 0.15) is 0 Å².